The lowest BCUT2D eigenvalue weighted by molar-refractivity contribution is -0.120. The Balaban J connectivity index is 1.66. The average Bonchev–Trinajstić information content (AvgIpc) is 3.21. The lowest BCUT2D eigenvalue weighted by atomic mass is 10.1. The van der Waals surface area contributed by atoms with Crippen molar-refractivity contribution in [2.24, 2.45) is 12.0 Å². The minimum Gasteiger partial charge on any atom is -0.356 e. The third-order valence-corrected chi connectivity index (χ3v) is 5.56. The zero-order valence-electron chi connectivity index (χ0n) is 19.2. The summed E-state index contributed by atoms with van der Waals surface area (Å²) in [5.41, 5.74) is 3.33. The van der Waals surface area contributed by atoms with Crippen molar-refractivity contribution in [3.8, 4) is 0 Å². The molecule has 1 saturated heterocycles. The fourth-order valence-electron chi connectivity index (χ4n) is 3.80. The van der Waals surface area contributed by atoms with Gasteiger partial charge in [0.1, 0.15) is 6.54 Å². The summed E-state index contributed by atoms with van der Waals surface area (Å²) in [7, 11) is 1.86. The summed E-state index contributed by atoms with van der Waals surface area (Å²) in [6.07, 6.45) is 3.61. The minimum absolute atomic E-state index is 0.0612. The number of hydrogen-bond acceptors (Lipinski definition) is 4. The smallest absolute Gasteiger partial charge is 0.246 e. The monoisotopic (exact) mass is 425 g/mol. The van der Waals surface area contributed by atoms with E-state index in [4.69, 9.17) is 4.99 Å². The zero-order valence-corrected chi connectivity index (χ0v) is 19.2. The van der Waals surface area contributed by atoms with Crippen molar-refractivity contribution < 1.29 is 4.79 Å². The average molecular weight is 426 g/mol. The number of aromatic nitrogens is 2. The Bertz CT molecular complexity index is 888. The molecule has 2 heterocycles. The van der Waals surface area contributed by atoms with Crippen LogP contribution in [0, 0.1) is 0 Å². The molecular formula is C23H35N7O. The lowest BCUT2D eigenvalue weighted by Gasteiger charge is -2.35. The summed E-state index contributed by atoms with van der Waals surface area (Å²) in [6, 6.07) is 8.63. The Labute approximate surface area is 185 Å². The number of benzene rings is 1. The topological polar surface area (TPSA) is 69.0 Å². The molecule has 168 valence electrons. The summed E-state index contributed by atoms with van der Waals surface area (Å²) in [5, 5.41) is 7.53. The molecule has 3 rings (SSSR count). The molecule has 1 aliphatic heterocycles. The summed E-state index contributed by atoms with van der Waals surface area (Å²) >= 11 is 0. The van der Waals surface area contributed by atoms with E-state index in [2.05, 4.69) is 53.4 Å². The molecule has 8 nitrogen and oxygen atoms in total. The summed E-state index contributed by atoms with van der Waals surface area (Å²) in [5.74, 6) is 0.849. The van der Waals surface area contributed by atoms with Crippen LogP contribution in [-0.4, -0.2) is 70.7 Å². The number of carbonyl (C=O) groups is 1. The van der Waals surface area contributed by atoms with Gasteiger partial charge in [-0.05, 0) is 31.1 Å². The molecule has 0 aliphatic carbocycles. The molecule has 1 amide bonds. The SMILES string of the molecule is CCNC(=NCc1cccc(CN(CC)CC)c1)N1CCN(c2cnn(C)c2)C(=O)C1. The number of carbonyl (C=O) groups excluding carboxylic acids is 1. The second-order valence-corrected chi connectivity index (χ2v) is 7.79. The van der Waals surface area contributed by atoms with Crippen LogP contribution in [0.15, 0.2) is 41.7 Å². The molecule has 0 spiro atoms. The number of hydrogen-bond donors (Lipinski definition) is 1. The fraction of sp³-hybridized carbons (Fsp3) is 0.522. The fourth-order valence-corrected chi connectivity index (χ4v) is 3.80. The Hall–Kier alpha value is -2.87. The number of guanidine groups is 1. The molecule has 0 unspecified atom stereocenters. The van der Waals surface area contributed by atoms with Gasteiger partial charge in [0.05, 0.1) is 18.4 Å². The highest BCUT2D eigenvalue weighted by Crippen LogP contribution is 2.16. The first-order valence-corrected chi connectivity index (χ1v) is 11.2. The molecule has 0 radical (unpaired) electrons. The number of amides is 1. The molecule has 1 aliphatic rings. The Kier molecular flexibility index (Phi) is 8.06. The Morgan fingerprint density at radius 3 is 2.61 bits per heavy atom. The van der Waals surface area contributed by atoms with E-state index >= 15 is 0 Å². The molecule has 2 aromatic rings. The Morgan fingerprint density at radius 1 is 1.19 bits per heavy atom. The first-order chi connectivity index (χ1) is 15.0. The number of nitrogens with zero attached hydrogens (tertiary/aromatic N) is 6. The van der Waals surface area contributed by atoms with Gasteiger partial charge >= 0.3 is 0 Å². The molecule has 1 fully saturated rings. The van der Waals surface area contributed by atoms with Gasteiger partial charge in [-0.1, -0.05) is 38.1 Å². The highest BCUT2D eigenvalue weighted by atomic mass is 16.2. The maximum atomic E-state index is 12.8. The van der Waals surface area contributed by atoms with E-state index in [-0.39, 0.29) is 5.91 Å². The lowest BCUT2D eigenvalue weighted by Crippen LogP contribution is -2.55. The van der Waals surface area contributed by atoms with Crippen LogP contribution in [0.5, 0.6) is 0 Å². The van der Waals surface area contributed by atoms with Gasteiger partial charge in [0, 0.05) is 39.4 Å². The van der Waals surface area contributed by atoms with Crippen molar-refractivity contribution >= 4 is 17.6 Å². The van der Waals surface area contributed by atoms with Gasteiger partial charge in [0.15, 0.2) is 5.96 Å². The van der Waals surface area contributed by atoms with E-state index in [1.165, 1.54) is 11.1 Å². The van der Waals surface area contributed by atoms with E-state index < -0.39 is 0 Å². The van der Waals surface area contributed by atoms with Crippen molar-refractivity contribution in [1.82, 2.24) is 24.9 Å². The largest absolute Gasteiger partial charge is 0.356 e. The van der Waals surface area contributed by atoms with Crippen LogP contribution < -0.4 is 10.2 Å². The van der Waals surface area contributed by atoms with Crippen LogP contribution in [0.3, 0.4) is 0 Å². The summed E-state index contributed by atoms with van der Waals surface area (Å²) in [4.78, 5) is 23.8. The molecule has 1 aromatic carbocycles. The van der Waals surface area contributed by atoms with Crippen molar-refractivity contribution in [2.75, 3.05) is 44.2 Å². The molecule has 31 heavy (non-hydrogen) atoms. The summed E-state index contributed by atoms with van der Waals surface area (Å²) < 4.78 is 1.72. The van der Waals surface area contributed by atoms with Crippen LogP contribution in [-0.2, 0) is 24.9 Å². The van der Waals surface area contributed by atoms with Gasteiger partial charge in [0.2, 0.25) is 5.91 Å². The van der Waals surface area contributed by atoms with Crippen LogP contribution in [0.25, 0.3) is 0 Å². The molecule has 0 atom stereocenters. The number of aliphatic imine (C=N–C) groups is 1. The Morgan fingerprint density at radius 2 is 1.97 bits per heavy atom. The maximum Gasteiger partial charge on any atom is 0.246 e. The molecule has 1 aromatic heterocycles. The zero-order chi connectivity index (χ0) is 22.2. The number of rotatable bonds is 8. The number of nitrogens with one attached hydrogen (secondary N) is 1. The molecule has 0 bridgehead atoms. The van der Waals surface area contributed by atoms with E-state index in [0.717, 1.165) is 44.4 Å². The highest BCUT2D eigenvalue weighted by Gasteiger charge is 2.27. The van der Waals surface area contributed by atoms with Crippen molar-refractivity contribution in [2.45, 2.75) is 33.9 Å². The quantitative estimate of drug-likeness (QED) is 0.518. The number of piperazine rings is 1. The van der Waals surface area contributed by atoms with Crippen molar-refractivity contribution in [3.63, 3.8) is 0 Å². The van der Waals surface area contributed by atoms with Gasteiger partial charge in [-0.15, -0.1) is 0 Å². The predicted octanol–water partition coefficient (Wildman–Crippen LogP) is 2.08. The van der Waals surface area contributed by atoms with Crippen molar-refractivity contribution in [1.29, 1.82) is 0 Å². The van der Waals surface area contributed by atoms with Gasteiger partial charge in [-0.25, -0.2) is 4.99 Å². The van der Waals surface area contributed by atoms with Gasteiger partial charge < -0.3 is 15.1 Å². The van der Waals surface area contributed by atoms with Gasteiger partial charge in [-0.2, -0.15) is 5.10 Å². The van der Waals surface area contributed by atoms with Crippen LogP contribution in [0.2, 0.25) is 0 Å². The second-order valence-electron chi connectivity index (χ2n) is 7.79. The first kappa shape index (κ1) is 22.8. The van der Waals surface area contributed by atoms with Crippen LogP contribution in [0.4, 0.5) is 5.69 Å². The van der Waals surface area contributed by atoms with E-state index in [9.17, 15) is 4.79 Å². The number of anilines is 1. The molecular weight excluding hydrogens is 390 g/mol. The third-order valence-electron chi connectivity index (χ3n) is 5.56. The van der Waals surface area contributed by atoms with E-state index in [0.29, 0.717) is 19.6 Å². The van der Waals surface area contributed by atoms with Gasteiger partial charge in [0.25, 0.3) is 0 Å². The number of aryl methyl sites for hydroxylation is 1. The third kappa shape index (κ3) is 6.07. The predicted molar refractivity (Wildman–Crippen MR) is 125 cm³/mol. The normalized spacial score (nSPS) is 15.1. The molecule has 8 heteroatoms. The first-order valence-electron chi connectivity index (χ1n) is 11.2. The van der Waals surface area contributed by atoms with Gasteiger partial charge in [-0.3, -0.25) is 14.4 Å². The molecule has 1 N–H and O–H groups in total. The standard InChI is InChI=1S/C23H35N7O/c1-5-24-23(25-14-19-9-8-10-20(13-19)16-28(6-2)7-3)29-11-12-30(22(31)18-29)21-15-26-27(4)17-21/h8-10,13,15,17H,5-7,11-12,14,16,18H2,1-4H3,(H,24,25). The second kappa shape index (κ2) is 10.9. The molecule has 0 saturated carbocycles. The summed E-state index contributed by atoms with van der Waals surface area (Å²) in [6.45, 7) is 12.5. The van der Waals surface area contributed by atoms with E-state index in [1.54, 1.807) is 15.8 Å². The highest BCUT2D eigenvalue weighted by molar-refractivity contribution is 5.98. The maximum absolute atomic E-state index is 12.8. The van der Waals surface area contributed by atoms with Crippen molar-refractivity contribution in [3.05, 3.63) is 47.8 Å². The minimum atomic E-state index is 0.0612. The van der Waals surface area contributed by atoms with E-state index in [1.807, 2.05) is 25.1 Å². The van der Waals surface area contributed by atoms with Crippen LogP contribution in [0.1, 0.15) is 31.9 Å². The van der Waals surface area contributed by atoms with Crippen LogP contribution >= 0.6 is 0 Å².